The zero-order valence-corrected chi connectivity index (χ0v) is 14.3. The molecule has 6 nitrogen and oxygen atoms in total. The van der Waals surface area contributed by atoms with Gasteiger partial charge in [-0.2, -0.15) is 0 Å². The van der Waals surface area contributed by atoms with Gasteiger partial charge in [0.15, 0.2) is 6.61 Å². The van der Waals surface area contributed by atoms with Gasteiger partial charge in [0.05, 0.1) is 0 Å². The number of rotatable bonds is 6. The Bertz CT molecular complexity index is 707. The van der Waals surface area contributed by atoms with E-state index in [2.05, 4.69) is 10.5 Å². The van der Waals surface area contributed by atoms with Crippen molar-refractivity contribution in [2.45, 2.75) is 33.7 Å². The van der Waals surface area contributed by atoms with Crippen molar-refractivity contribution in [3.63, 3.8) is 0 Å². The summed E-state index contributed by atoms with van der Waals surface area (Å²) < 4.78 is 10.2. The molecule has 2 rings (SSSR count). The Morgan fingerprint density at radius 3 is 2.50 bits per heavy atom. The number of amides is 1. The highest BCUT2D eigenvalue weighted by Gasteiger charge is 2.23. The van der Waals surface area contributed by atoms with E-state index in [0.29, 0.717) is 17.4 Å². The maximum absolute atomic E-state index is 12.3. The maximum atomic E-state index is 12.3. The molecule has 1 N–H and O–H groups in total. The molecule has 0 unspecified atom stereocenters. The van der Waals surface area contributed by atoms with Gasteiger partial charge in [-0.3, -0.25) is 4.79 Å². The summed E-state index contributed by atoms with van der Waals surface area (Å²) in [5.41, 5.74) is 1.40. The van der Waals surface area contributed by atoms with Crippen molar-refractivity contribution < 1.29 is 18.8 Å². The first kappa shape index (κ1) is 17.7. The second kappa shape index (κ2) is 7.77. The van der Waals surface area contributed by atoms with Crippen molar-refractivity contribution in [3.05, 3.63) is 41.7 Å². The topological polar surface area (TPSA) is 81.4 Å². The minimum atomic E-state index is -0.625. The number of aromatic nitrogens is 1. The van der Waals surface area contributed by atoms with Crippen molar-refractivity contribution in [1.29, 1.82) is 0 Å². The Morgan fingerprint density at radius 1 is 1.21 bits per heavy atom. The van der Waals surface area contributed by atoms with E-state index in [1.165, 1.54) is 0 Å². The lowest BCUT2D eigenvalue weighted by Crippen LogP contribution is -2.38. The van der Waals surface area contributed by atoms with Crippen LogP contribution in [0.3, 0.4) is 0 Å². The zero-order valence-electron chi connectivity index (χ0n) is 14.3. The van der Waals surface area contributed by atoms with Crippen molar-refractivity contribution in [2.24, 2.45) is 5.92 Å². The standard InChI is InChI=1S/C18H22N2O4/c1-11(2)12(3)19-15(21)10-23-18(22)16-13(4)24-20-17(16)14-8-6-5-7-9-14/h5-9,11-12H,10H2,1-4H3,(H,19,21)/t12-/m0/s1. The molecule has 0 saturated carbocycles. The third-order valence-electron chi connectivity index (χ3n) is 3.84. The maximum Gasteiger partial charge on any atom is 0.344 e. The molecule has 1 heterocycles. The van der Waals surface area contributed by atoms with Crippen LogP contribution in [-0.2, 0) is 9.53 Å². The van der Waals surface area contributed by atoms with Crippen LogP contribution in [0, 0.1) is 12.8 Å². The molecule has 2 aromatic rings. The van der Waals surface area contributed by atoms with Gasteiger partial charge >= 0.3 is 5.97 Å². The Morgan fingerprint density at radius 2 is 1.88 bits per heavy atom. The molecular formula is C18H22N2O4. The second-order valence-corrected chi connectivity index (χ2v) is 6.00. The van der Waals surface area contributed by atoms with Crippen molar-refractivity contribution >= 4 is 11.9 Å². The van der Waals surface area contributed by atoms with Gasteiger partial charge in [0.2, 0.25) is 0 Å². The van der Waals surface area contributed by atoms with E-state index in [9.17, 15) is 9.59 Å². The van der Waals surface area contributed by atoms with Crippen LogP contribution in [0.2, 0.25) is 0 Å². The molecule has 1 atom stereocenters. The molecule has 6 heteroatoms. The number of esters is 1. The van der Waals surface area contributed by atoms with Gasteiger partial charge in [-0.1, -0.05) is 49.3 Å². The summed E-state index contributed by atoms with van der Waals surface area (Å²) in [6.45, 7) is 7.21. The number of nitrogens with one attached hydrogen (secondary N) is 1. The van der Waals surface area contributed by atoms with Crippen LogP contribution in [0.25, 0.3) is 11.3 Å². The van der Waals surface area contributed by atoms with Crippen LogP contribution < -0.4 is 5.32 Å². The highest BCUT2D eigenvalue weighted by Crippen LogP contribution is 2.25. The fourth-order valence-electron chi connectivity index (χ4n) is 2.07. The summed E-state index contributed by atoms with van der Waals surface area (Å²) in [5, 5.41) is 6.72. The predicted molar refractivity (Wildman–Crippen MR) is 89.4 cm³/mol. The number of nitrogens with zero attached hydrogens (tertiary/aromatic N) is 1. The second-order valence-electron chi connectivity index (χ2n) is 6.00. The van der Waals surface area contributed by atoms with Gasteiger partial charge in [0.1, 0.15) is 17.0 Å². The van der Waals surface area contributed by atoms with Gasteiger partial charge in [-0.25, -0.2) is 4.79 Å². The van der Waals surface area contributed by atoms with Crippen LogP contribution >= 0.6 is 0 Å². The first-order valence-electron chi connectivity index (χ1n) is 7.88. The fraction of sp³-hybridized carbons (Fsp3) is 0.389. The van der Waals surface area contributed by atoms with E-state index < -0.39 is 5.97 Å². The minimum absolute atomic E-state index is 0.00779. The fourth-order valence-corrected chi connectivity index (χ4v) is 2.07. The molecule has 0 bridgehead atoms. The van der Waals surface area contributed by atoms with E-state index in [-0.39, 0.29) is 24.1 Å². The van der Waals surface area contributed by atoms with Gasteiger partial charge < -0.3 is 14.6 Å². The predicted octanol–water partition coefficient (Wildman–Crippen LogP) is 2.97. The summed E-state index contributed by atoms with van der Waals surface area (Å²) >= 11 is 0. The van der Waals surface area contributed by atoms with Crippen LogP contribution in [-0.4, -0.2) is 29.7 Å². The SMILES string of the molecule is Cc1onc(-c2ccccc2)c1C(=O)OCC(=O)N[C@@H](C)C(C)C. The van der Waals surface area contributed by atoms with Crippen molar-refractivity contribution in [2.75, 3.05) is 6.61 Å². The number of carbonyl (C=O) groups is 2. The Labute approximate surface area is 141 Å². The van der Waals surface area contributed by atoms with E-state index >= 15 is 0 Å². The van der Waals surface area contributed by atoms with E-state index in [4.69, 9.17) is 9.26 Å². The minimum Gasteiger partial charge on any atom is -0.452 e. The first-order valence-corrected chi connectivity index (χ1v) is 7.88. The number of hydrogen-bond donors (Lipinski definition) is 1. The molecule has 0 radical (unpaired) electrons. The third kappa shape index (κ3) is 4.22. The molecule has 0 aliphatic carbocycles. The lowest BCUT2D eigenvalue weighted by Gasteiger charge is -2.17. The van der Waals surface area contributed by atoms with Crippen LogP contribution in [0.5, 0.6) is 0 Å². The number of hydrogen-bond acceptors (Lipinski definition) is 5. The largest absolute Gasteiger partial charge is 0.452 e. The van der Waals surface area contributed by atoms with Gasteiger partial charge in [-0.05, 0) is 19.8 Å². The van der Waals surface area contributed by atoms with Gasteiger partial charge in [-0.15, -0.1) is 0 Å². The van der Waals surface area contributed by atoms with Crippen LogP contribution in [0.4, 0.5) is 0 Å². The molecular weight excluding hydrogens is 308 g/mol. The molecule has 0 saturated heterocycles. The first-order chi connectivity index (χ1) is 11.4. The lowest BCUT2D eigenvalue weighted by atomic mass is 10.1. The average Bonchev–Trinajstić information content (AvgIpc) is 2.95. The van der Waals surface area contributed by atoms with E-state index in [0.717, 1.165) is 5.56 Å². The monoisotopic (exact) mass is 330 g/mol. The highest BCUT2D eigenvalue weighted by molar-refractivity contribution is 5.98. The summed E-state index contributed by atoms with van der Waals surface area (Å²) in [6, 6.07) is 9.21. The van der Waals surface area contributed by atoms with Crippen LogP contribution in [0.15, 0.2) is 34.9 Å². The molecule has 0 aliphatic rings. The molecule has 128 valence electrons. The quantitative estimate of drug-likeness (QED) is 0.824. The van der Waals surface area contributed by atoms with Crippen molar-refractivity contribution in [1.82, 2.24) is 10.5 Å². The Kier molecular flexibility index (Phi) is 5.73. The van der Waals surface area contributed by atoms with Crippen LogP contribution in [0.1, 0.15) is 36.9 Å². The average molecular weight is 330 g/mol. The molecule has 0 fully saturated rings. The number of aryl methyl sites for hydroxylation is 1. The summed E-state index contributed by atoms with van der Waals surface area (Å²) in [4.78, 5) is 24.2. The van der Waals surface area contributed by atoms with Gasteiger partial charge in [0, 0.05) is 11.6 Å². The molecule has 1 aromatic heterocycles. The Balaban J connectivity index is 2.06. The highest BCUT2D eigenvalue weighted by atomic mass is 16.5. The van der Waals surface area contributed by atoms with E-state index in [1.807, 2.05) is 51.1 Å². The molecule has 0 spiro atoms. The van der Waals surface area contributed by atoms with Gasteiger partial charge in [0.25, 0.3) is 5.91 Å². The molecule has 0 aliphatic heterocycles. The summed E-state index contributed by atoms with van der Waals surface area (Å²) in [7, 11) is 0. The van der Waals surface area contributed by atoms with Crippen molar-refractivity contribution in [3.8, 4) is 11.3 Å². The number of benzene rings is 1. The summed E-state index contributed by atoms with van der Waals surface area (Å²) in [5.74, 6) is -0.302. The normalized spacial score (nSPS) is 12.0. The zero-order chi connectivity index (χ0) is 17.7. The van der Waals surface area contributed by atoms with E-state index in [1.54, 1.807) is 6.92 Å². The Hall–Kier alpha value is -2.63. The molecule has 24 heavy (non-hydrogen) atoms. The number of ether oxygens (including phenoxy) is 1. The number of carbonyl (C=O) groups excluding carboxylic acids is 2. The molecule has 1 amide bonds. The summed E-state index contributed by atoms with van der Waals surface area (Å²) in [6.07, 6.45) is 0. The lowest BCUT2D eigenvalue weighted by molar-refractivity contribution is -0.125. The third-order valence-corrected chi connectivity index (χ3v) is 3.84. The smallest absolute Gasteiger partial charge is 0.344 e. The molecule has 1 aromatic carbocycles.